The minimum absolute atomic E-state index is 0.209. The highest BCUT2D eigenvalue weighted by Gasteiger charge is 2.22. The Morgan fingerprint density at radius 1 is 1.09 bits per heavy atom. The lowest BCUT2D eigenvalue weighted by molar-refractivity contribution is -0.147. The van der Waals surface area contributed by atoms with Crippen LogP contribution in [0, 0.1) is 0 Å². The molecule has 1 amide bonds. The molecular formula is C23H21N3O7. The molecule has 10 heteroatoms. The molecule has 4 rings (SSSR count). The van der Waals surface area contributed by atoms with E-state index >= 15 is 0 Å². The highest BCUT2D eigenvalue weighted by Crippen LogP contribution is 2.39. The van der Waals surface area contributed by atoms with Gasteiger partial charge in [-0.25, -0.2) is 9.78 Å². The number of carbonyl (C=O) groups is 2. The fraction of sp³-hybridized carbons (Fsp3) is 0.217. The molecule has 0 spiro atoms. The minimum Gasteiger partial charge on any atom is -0.493 e. The summed E-state index contributed by atoms with van der Waals surface area (Å²) in [5.74, 6) is -0.787. The van der Waals surface area contributed by atoms with Gasteiger partial charge in [0.15, 0.2) is 11.5 Å². The van der Waals surface area contributed by atoms with Crippen LogP contribution in [0.4, 0.5) is 5.69 Å². The van der Waals surface area contributed by atoms with Crippen molar-refractivity contribution in [1.29, 1.82) is 0 Å². The molecule has 1 aliphatic heterocycles. The number of rotatable bonds is 5. The number of nitrogens with one attached hydrogen (secondary N) is 1. The first kappa shape index (κ1) is 21.9. The summed E-state index contributed by atoms with van der Waals surface area (Å²) in [5.41, 5.74) is 2.00. The number of methoxy groups -OCH3 is 3. The van der Waals surface area contributed by atoms with Gasteiger partial charge in [0.2, 0.25) is 5.75 Å². The Bertz CT molecular complexity index is 1350. The third kappa shape index (κ3) is 3.98. The van der Waals surface area contributed by atoms with Crippen LogP contribution in [-0.2, 0) is 16.1 Å². The first-order chi connectivity index (χ1) is 15.9. The van der Waals surface area contributed by atoms with Gasteiger partial charge in [0, 0.05) is 12.2 Å². The Hall–Kier alpha value is -4.34. The molecule has 0 radical (unpaired) electrons. The molecule has 2 N–H and O–H groups in total. The third-order valence-corrected chi connectivity index (χ3v) is 5.33. The summed E-state index contributed by atoms with van der Waals surface area (Å²) >= 11 is 0. The number of hydrogen-bond acceptors (Lipinski definition) is 7. The van der Waals surface area contributed by atoms with Crippen LogP contribution >= 0.6 is 0 Å². The molecule has 0 saturated carbocycles. The smallest absolute Gasteiger partial charge is 0.394 e. The van der Waals surface area contributed by atoms with Crippen LogP contribution in [0.25, 0.3) is 22.6 Å². The van der Waals surface area contributed by atoms with Crippen molar-refractivity contribution in [3.05, 3.63) is 52.1 Å². The van der Waals surface area contributed by atoms with Gasteiger partial charge in [-0.2, -0.15) is 0 Å². The number of carboxylic acids is 1. The summed E-state index contributed by atoms with van der Waals surface area (Å²) in [6.07, 6.45) is 2.50. The molecule has 3 aromatic rings. The first-order valence-electron chi connectivity index (χ1n) is 9.96. The van der Waals surface area contributed by atoms with E-state index in [1.165, 1.54) is 39.5 Å². The van der Waals surface area contributed by atoms with E-state index in [1.54, 1.807) is 16.7 Å². The maximum absolute atomic E-state index is 13.0. The lowest BCUT2D eigenvalue weighted by Gasteiger charge is -2.13. The quantitative estimate of drug-likeness (QED) is 0.566. The van der Waals surface area contributed by atoms with Crippen molar-refractivity contribution in [2.45, 2.75) is 13.0 Å². The van der Waals surface area contributed by atoms with Gasteiger partial charge in [-0.15, -0.1) is 0 Å². The molecule has 0 fully saturated rings. The average Bonchev–Trinajstić information content (AvgIpc) is 3.20. The van der Waals surface area contributed by atoms with Gasteiger partial charge in [0.1, 0.15) is 5.82 Å². The molecule has 0 unspecified atom stereocenters. The number of nitrogens with zero attached hydrogens (tertiary/aromatic N) is 2. The zero-order valence-corrected chi connectivity index (χ0v) is 18.2. The van der Waals surface area contributed by atoms with Crippen molar-refractivity contribution in [1.82, 2.24) is 9.55 Å². The molecule has 170 valence electrons. The Morgan fingerprint density at radius 3 is 2.39 bits per heavy atom. The molecule has 1 aromatic heterocycles. The van der Waals surface area contributed by atoms with Crippen LogP contribution in [0.5, 0.6) is 17.2 Å². The summed E-state index contributed by atoms with van der Waals surface area (Å²) in [5, 5.41) is 11.4. The molecule has 33 heavy (non-hydrogen) atoms. The van der Waals surface area contributed by atoms with Gasteiger partial charge in [0.25, 0.3) is 5.56 Å². The predicted molar refractivity (Wildman–Crippen MR) is 121 cm³/mol. The number of aliphatic carboxylic acids is 1. The lowest BCUT2D eigenvalue weighted by Crippen LogP contribution is -2.23. The van der Waals surface area contributed by atoms with E-state index in [0.717, 1.165) is 11.1 Å². The molecule has 0 atom stereocenters. The van der Waals surface area contributed by atoms with Crippen molar-refractivity contribution < 1.29 is 28.9 Å². The second kappa shape index (κ2) is 8.65. The maximum atomic E-state index is 13.0. The molecule has 10 nitrogen and oxygen atoms in total. The number of allylic oxidation sites excluding steroid dienone is 1. The van der Waals surface area contributed by atoms with E-state index < -0.39 is 11.9 Å². The zero-order valence-electron chi connectivity index (χ0n) is 18.2. The number of carboxylic acid groups (broad SMARTS) is 1. The monoisotopic (exact) mass is 451 g/mol. The number of anilines is 1. The van der Waals surface area contributed by atoms with Crippen LogP contribution in [-0.4, -0.2) is 47.9 Å². The fourth-order valence-electron chi connectivity index (χ4n) is 3.80. The van der Waals surface area contributed by atoms with Gasteiger partial charge in [-0.05, 0) is 54.0 Å². The first-order valence-corrected chi connectivity index (χ1v) is 9.96. The summed E-state index contributed by atoms with van der Waals surface area (Å²) in [4.78, 5) is 39.9. The van der Waals surface area contributed by atoms with Crippen molar-refractivity contribution in [2.75, 3.05) is 26.6 Å². The Morgan fingerprint density at radius 2 is 1.79 bits per heavy atom. The number of ether oxygens (including phenoxy) is 3. The second-order valence-electron chi connectivity index (χ2n) is 7.26. The van der Waals surface area contributed by atoms with Crippen LogP contribution in [0.3, 0.4) is 0 Å². The molecule has 1 aliphatic rings. The van der Waals surface area contributed by atoms with Gasteiger partial charge >= 0.3 is 11.9 Å². The van der Waals surface area contributed by atoms with Crippen molar-refractivity contribution in [3.8, 4) is 17.2 Å². The Balaban J connectivity index is 1.80. The largest absolute Gasteiger partial charge is 0.493 e. The van der Waals surface area contributed by atoms with Crippen molar-refractivity contribution in [3.63, 3.8) is 0 Å². The van der Waals surface area contributed by atoms with E-state index in [9.17, 15) is 14.4 Å². The fourth-order valence-corrected chi connectivity index (χ4v) is 3.80. The zero-order chi connectivity index (χ0) is 23.7. The third-order valence-electron chi connectivity index (χ3n) is 5.33. The van der Waals surface area contributed by atoms with E-state index in [1.807, 2.05) is 6.08 Å². The number of hydrogen-bond donors (Lipinski definition) is 2. The van der Waals surface area contributed by atoms with Crippen LogP contribution in [0.2, 0.25) is 0 Å². The van der Waals surface area contributed by atoms with Crippen molar-refractivity contribution >= 4 is 40.1 Å². The van der Waals surface area contributed by atoms with E-state index in [2.05, 4.69) is 10.3 Å². The predicted octanol–water partition coefficient (Wildman–Crippen LogP) is 2.39. The highest BCUT2D eigenvalue weighted by atomic mass is 16.5. The van der Waals surface area contributed by atoms with Crippen molar-refractivity contribution in [2.24, 2.45) is 0 Å². The minimum atomic E-state index is -1.60. The SMILES string of the molecule is COc1cc(/C=C2\CCn3c2nc2cc(NC(=O)C(=O)O)ccc2c3=O)cc(OC)c1OC. The Labute approximate surface area is 188 Å². The van der Waals surface area contributed by atoms with Crippen LogP contribution in [0.15, 0.2) is 35.1 Å². The maximum Gasteiger partial charge on any atom is 0.394 e. The van der Waals surface area contributed by atoms with E-state index in [0.29, 0.717) is 46.9 Å². The molecule has 0 saturated heterocycles. The van der Waals surface area contributed by atoms with Gasteiger partial charge in [0.05, 0.1) is 32.2 Å². The van der Waals surface area contributed by atoms with Gasteiger partial charge in [-0.3, -0.25) is 14.2 Å². The molecular weight excluding hydrogens is 430 g/mol. The molecule has 0 bridgehead atoms. The molecule has 0 aliphatic carbocycles. The average molecular weight is 451 g/mol. The number of aromatic nitrogens is 2. The van der Waals surface area contributed by atoms with E-state index in [4.69, 9.17) is 19.3 Å². The van der Waals surface area contributed by atoms with Gasteiger partial charge < -0.3 is 24.6 Å². The normalized spacial score (nSPS) is 13.6. The number of fused-ring (bicyclic) bond motifs is 2. The molecule has 2 aromatic carbocycles. The Kier molecular flexibility index (Phi) is 5.74. The summed E-state index contributed by atoms with van der Waals surface area (Å²) in [6, 6.07) is 8.08. The second-order valence-corrected chi connectivity index (χ2v) is 7.26. The highest BCUT2D eigenvalue weighted by molar-refractivity contribution is 6.36. The van der Waals surface area contributed by atoms with E-state index in [-0.39, 0.29) is 11.2 Å². The number of carbonyl (C=O) groups excluding carboxylic acids is 1. The van der Waals surface area contributed by atoms with Gasteiger partial charge in [-0.1, -0.05) is 0 Å². The van der Waals surface area contributed by atoms with Crippen LogP contribution in [0.1, 0.15) is 17.8 Å². The number of benzene rings is 2. The summed E-state index contributed by atoms with van der Waals surface area (Å²) in [7, 11) is 4.60. The summed E-state index contributed by atoms with van der Waals surface area (Å²) in [6.45, 7) is 0.477. The molecule has 2 heterocycles. The van der Waals surface area contributed by atoms with Crippen LogP contribution < -0.4 is 25.1 Å². The summed E-state index contributed by atoms with van der Waals surface area (Å²) < 4.78 is 17.8. The number of amides is 1. The lowest BCUT2D eigenvalue weighted by atomic mass is 10.1. The topological polar surface area (TPSA) is 129 Å². The standard InChI is InChI=1S/C23H21N3O7/c1-31-17-9-12(10-18(32-2)19(17)33-3)8-13-6-7-26-20(13)25-16-11-14(24-21(27)23(29)30)4-5-15(16)22(26)28/h4-5,8-11H,6-7H2,1-3H3,(H,24,27)(H,29,30)/b13-8+.